The minimum atomic E-state index is -0.975. The smallest absolute Gasteiger partial charge is 0.132 e. The molecule has 6 rings (SSSR count). The lowest BCUT2D eigenvalue weighted by molar-refractivity contribution is 0.0269. The van der Waals surface area contributed by atoms with Gasteiger partial charge in [0.25, 0.3) is 0 Å². The quantitative estimate of drug-likeness (QED) is 0.119. The molecule has 4 aromatic carbocycles. The molecule has 2 unspecified atom stereocenters. The van der Waals surface area contributed by atoms with Gasteiger partial charge < -0.3 is 4.74 Å². The molecule has 0 amide bonds. The van der Waals surface area contributed by atoms with E-state index < -0.39 is 35.5 Å². The molecule has 51 heavy (non-hydrogen) atoms. The van der Waals surface area contributed by atoms with Gasteiger partial charge >= 0.3 is 0 Å². The molecular formula is C46H54F4O. The van der Waals surface area contributed by atoms with Crippen LogP contribution in [0.2, 0.25) is 0 Å². The van der Waals surface area contributed by atoms with Gasteiger partial charge in [0.1, 0.15) is 35.5 Å². The Labute approximate surface area is 302 Å². The fourth-order valence-electron chi connectivity index (χ4n) is 8.67. The SMILES string of the molecule is CCCCC1CCC(c2ccc(C(OC(c3ccc(C4CCC(CCCC)CC4)cc3)c3ccc(F)cc3F)c3ccc(F)cc3F)cc2)CC1. The van der Waals surface area contributed by atoms with E-state index in [9.17, 15) is 8.78 Å². The summed E-state index contributed by atoms with van der Waals surface area (Å²) in [4.78, 5) is 0. The van der Waals surface area contributed by atoms with E-state index in [4.69, 9.17) is 4.74 Å². The van der Waals surface area contributed by atoms with E-state index in [1.165, 1.54) is 99.6 Å². The van der Waals surface area contributed by atoms with Crippen molar-refractivity contribution in [1.29, 1.82) is 0 Å². The molecule has 2 aliphatic rings. The molecule has 0 aromatic heterocycles. The first-order valence-corrected chi connectivity index (χ1v) is 19.6. The predicted octanol–water partition coefficient (Wildman–Crippen LogP) is 14.1. The van der Waals surface area contributed by atoms with Gasteiger partial charge in [-0.05, 0) is 109 Å². The van der Waals surface area contributed by atoms with Crippen LogP contribution < -0.4 is 0 Å². The van der Waals surface area contributed by atoms with E-state index >= 15 is 8.78 Å². The summed E-state index contributed by atoms with van der Waals surface area (Å²) in [5, 5.41) is 0. The molecule has 0 aliphatic heterocycles. The summed E-state index contributed by atoms with van der Waals surface area (Å²) < 4.78 is 66.3. The van der Waals surface area contributed by atoms with Gasteiger partial charge in [-0.2, -0.15) is 0 Å². The van der Waals surface area contributed by atoms with E-state index in [0.717, 1.165) is 49.7 Å². The van der Waals surface area contributed by atoms with Gasteiger partial charge in [0.15, 0.2) is 0 Å². The molecule has 0 bridgehead atoms. The highest BCUT2D eigenvalue weighted by Gasteiger charge is 2.29. The van der Waals surface area contributed by atoms with Crippen molar-refractivity contribution in [1.82, 2.24) is 0 Å². The molecule has 2 aliphatic carbocycles. The molecule has 1 nitrogen and oxygen atoms in total. The Morgan fingerprint density at radius 1 is 0.510 bits per heavy atom. The molecule has 0 radical (unpaired) electrons. The Balaban J connectivity index is 1.28. The van der Waals surface area contributed by atoms with E-state index in [-0.39, 0.29) is 11.1 Å². The van der Waals surface area contributed by atoms with Gasteiger partial charge in [-0.15, -0.1) is 0 Å². The average molecular weight is 699 g/mol. The number of hydrogen-bond acceptors (Lipinski definition) is 1. The Bertz CT molecular complexity index is 1540. The number of rotatable bonds is 14. The van der Waals surface area contributed by atoms with Gasteiger partial charge in [-0.25, -0.2) is 17.6 Å². The number of ether oxygens (including phenoxy) is 1. The predicted molar refractivity (Wildman–Crippen MR) is 199 cm³/mol. The van der Waals surface area contributed by atoms with Crippen LogP contribution in [0.3, 0.4) is 0 Å². The van der Waals surface area contributed by atoms with Crippen molar-refractivity contribution in [2.24, 2.45) is 11.8 Å². The third-order valence-electron chi connectivity index (χ3n) is 11.8. The summed E-state index contributed by atoms with van der Waals surface area (Å²) in [6.07, 6.45) is 15.3. The van der Waals surface area contributed by atoms with Crippen LogP contribution in [0.1, 0.15) is 161 Å². The fourth-order valence-corrected chi connectivity index (χ4v) is 8.67. The molecule has 0 spiro atoms. The summed E-state index contributed by atoms with van der Waals surface area (Å²) in [6.45, 7) is 4.49. The Kier molecular flexibility index (Phi) is 13.1. The molecule has 2 fully saturated rings. The minimum Gasteiger partial charge on any atom is -0.356 e. The maximum absolute atomic E-state index is 15.6. The van der Waals surface area contributed by atoms with Crippen molar-refractivity contribution in [2.75, 3.05) is 0 Å². The van der Waals surface area contributed by atoms with Crippen LogP contribution >= 0.6 is 0 Å². The fraction of sp³-hybridized carbons (Fsp3) is 0.478. The molecule has 0 N–H and O–H groups in total. The lowest BCUT2D eigenvalue weighted by Gasteiger charge is -2.30. The Morgan fingerprint density at radius 3 is 1.22 bits per heavy atom. The topological polar surface area (TPSA) is 9.23 Å². The van der Waals surface area contributed by atoms with Gasteiger partial charge in [0.05, 0.1) is 0 Å². The van der Waals surface area contributed by atoms with Gasteiger partial charge in [0.2, 0.25) is 0 Å². The van der Waals surface area contributed by atoms with Gasteiger partial charge in [-0.1, -0.05) is 113 Å². The second-order valence-electron chi connectivity index (χ2n) is 15.3. The first kappa shape index (κ1) is 37.3. The highest BCUT2D eigenvalue weighted by Crippen LogP contribution is 2.42. The van der Waals surface area contributed by atoms with Crippen LogP contribution in [0.15, 0.2) is 84.9 Å². The monoisotopic (exact) mass is 698 g/mol. The highest BCUT2D eigenvalue weighted by atomic mass is 19.1. The van der Waals surface area contributed by atoms with E-state index in [0.29, 0.717) is 23.0 Å². The van der Waals surface area contributed by atoms with Crippen LogP contribution in [-0.2, 0) is 4.74 Å². The molecular weight excluding hydrogens is 644 g/mol. The third-order valence-corrected chi connectivity index (χ3v) is 11.8. The third kappa shape index (κ3) is 9.52. The zero-order chi connectivity index (χ0) is 35.7. The summed E-state index contributed by atoms with van der Waals surface area (Å²) in [6, 6.07) is 23.2. The number of hydrogen-bond donors (Lipinski definition) is 0. The maximum Gasteiger partial charge on any atom is 0.132 e. The molecule has 272 valence electrons. The van der Waals surface area contributed by atoms with Crippen LogP contribution in [0.4, 0.5) is 17.6 Å². The summed E-state index contributed by atoms with van der Waals surface area (Å²) in [5.74, 6) is -0.275. The lowest BCUT2D eigenvalue weighted by Crippen LogP contribution is -2.17. The molecule has 4 aromatic rings. The normalized spacial score (nSPS) is 22.1. The summed E-state index contributed by atoms with van der Waals surface area (Å²) >= 11 is 0. The minimum absolute atomic E-state index is 0.157. The van der Waals surface area contributed by atoms with Crippen LogP contribution in [-0.4, -0.2) is 0 Å². The Hall–Kier alpha value is -3.44. The largest absolute Gasteiger partial charge is 0.356 e. The van der Waals surface area contributed by atoms with Crippen molar-refractivity contribution in [3.63, 3.8) is 0 Å². The van der Waals surface area contributed by atoms with Crippen molar-refractivity contribution < 1.29 is 22.3 Å². The van der Waals surface area contributed by atoms with Gasteiger partial charge in [0, 0.05) is 23.3 Å². The van der Waals surface area contributed by atoms with Crippen molar-refractivity contribution in [2.45, 2.75) is 128 Å². The van der Waals surface area contributed by atoms with Crippen LogP contribution in [0.25, 0.3) is 0 Å². The highest BCUT2D eigenvalue weighted by molar-refractivity contribution is 5.38. The number of halogens is 4. The van der Waals surface area contributed by atoms with Crippen molar-refractivity contribution in [3.8, 4) is 0 Å². The first-order valence-electron chi connectivity index (χ1n) is 19.6. The second kappa shape index (κ2) is 17.9. The van der Waals surface area contributed by atoms with Gasteiger partial charge in [-0.3, -0.25) is 0 Å². The Morgan fingerprint density at radius 2 is 0.882 bits per heavy atom. The van der Waals surface area contributed by atoms with E-state index in [1.54, 1.807) is 0 Å². The van der Waals surface area contributed by atoms with Crippen molar-refractivity contribution >= 4 is 0 Å². The summed E-state index contributed by atoms with van der Waals surface area (Å²) in [5.41, 5.74) is 4.19. The molecule has 0 saturated heterocycles. The number of benzene rings is 4. The standard InChI is InChI=1S/C46H54F4O/c1-3-5-7-31-9-13-33(14-10-31)35-17-21-37(22-18-35)45(41-27-25-39(47)29-43(41)49)51-46(42-28-26-40(48)30-44(42)50)38-23-19-36(20-24-38)34-15-11-32(12-16-34)8-6-4-2/h17-34,45-46H,3-16H2,1-2H3. The lowest BCUT2D eigenvalue weighted by atomic mass is 9.77. The molecule has 0 heterocycles. The number of unbranched alkanes of at least 4 members (excludes halogenated alkanes) is 2. The second-order valence-corrected chi connectivity index (χ2v) is 15.3. The molecule has 2 saturated carbocycles. The zero-order valence-electron chi connectivity index (χ0n) is 30.4. The van der Waals surface area contributed by atoms with E-state index in [1.807, 2.05) is 24.3 Å². The first-order chi connectivity index (χ1) is 24.8. The summed E-state index contributed by atoms with van der Waals surface area (Å²) in [7, 11) is 0. The van der Waals surface area contributed by atoms with Crippen LogP contribution in [0.5, 0.6) is 0 Å². The zero-order valence-corrected chi connectivity index (χ0v) is 30.4. The maximum atomic E-state index is 15.6. The van der Waals surface area contributed by atoms with Crippen molar-refractivity contribution in [3.05, 3.63) is 142 Å². The molecule has 5 heteroatoms. The van der Waals surface area contributed by atoms with Crippen LogP contribution in [0, 0.1) is 35.1 Å². The average Bonchev–Trinajstić information content (AvgIpc) is 3.15. The van der Waals surface area contributed by atoms with E-state index in [2.05, 4.69) is 38.1 Å². The molecule has 2 atom stereocenters.